The van der Waals surface area contributed by atoms with Crippen LogP contribution in [0.5, 0.6) is 0 Å². The van der Waals surface area contributed by atoms with E-state index in [2.05, 4.69) is 10.2 Å². The quantitative estimate of drug-likeness (QED) is 0.579. The van der Waals surface area contributed by atoms with Gasteiger partial charge in [0.25, 0.3) is 0 Å². The largest absolute Gasteiger partial charge is 0.445 e. The van der Waals surface area contributed by atoms with Crippen LogP contribution in [0, 0.1) is 0 Å². The van der Waals surface area contributed by atoms with Crippen molar-refractivity contribution in [2.24, 2.45) is 0 Å². The Morgan fingerprint density at radius 1 is 1.40 bits per heavy atom. The Morgan fingerprint density at radius 2 is 2.30 bits per heavy atom. The molecule has 0 atom stereocenters. The monoisotopic (exact) mass is 135 g/mol. The highest BCUT2D eigenvalue weighted by molar-refractivity contribution is 5.67. The van der Waals surface area contributed by atoms with E-state index in [0.717, 1.165) is 5.56 Å². The van der Waals surface area contributed by atoms with Crippen LogP contribution in [-0.4, -0.2) is 10.2 Å². The van der Waals surface area contributed by atoms with Gasteiger partial charge in [0, 0.05) is 0 Å². The van der Waals surface area contributed by atoms with Crippen LogP contribution in [0.2, 0.25) is 0 Å². The molecule has 2 heterocycles. The van der Waals surface area contributed by atoms with E-state index in [1.54, 1.807) is 6.07 Å². The van der Waals surface area contributed by atoms with Crippen molar-refractivity contribution in [1.82, 2.24) is 10.2 Å². The Morgan fingerprint density at radius 3 is 3.10 bits per heavy atom. The Balaban J connectivity index is 2.78. The van der Waals surface area contributed by atoms with E-state index in [1.165, 1.54) is 6.26 Å². The molecule has 0 radical (unpaired) electrons. The smallest absolute Gasteiger partial charge is 0.249 e. The van der Waals surface area contributed by atoms with E-state index in [-0.39, 0.29) is 0 Å². The predicted octanol–water partition coefficient (Wildman–Crippen LogP) is 0.757. The molecule has 0 saturated carbocycles. The first-order valence-corrected chi connectivity index (χ1v) is 2.83. The third-order valence-electron chi connectivity index (χ3n) is 1.28. The SMILES string of the molecule is Nc1nnc2occcc1-2. The Bertz CT molecular complexity index is 317. The highest BCUT2D eigenvalue weighted by atomic mass is 16.3. The van der Waals surface area contributed by atoms with E-state index in [0.29, 0.717) is 11.7 Å². The molecule has 10 heavy (non-hydrogen) atoms. The maximum absolute atomic E-state index is 5.44. The van der Waals surface area contributed by atoms with Gasteiger partial charge < -0.3 is 10.2 Å². The molecule has 0 aliphatic carbocycles. The lowest BCUT2D eigenvalue weighted by molar-refractivity contribution is 0.547. The number of rotatable bonds is 0. The second-order valence-corrected chi connectivity index (χ2v) is 1.92. The number of fused-ring (bicyclic) bond motifs is 1. The van der Waals surface area contributed by atoms with Crippen LogP contribution in [0.15, 0.2) is 22.8 Å². The van der Waals surface area contributed by atoms with Gasteiger partial charge in [-0.25, -0.2) is 0 Å². The number of nitrogens with two attached hydrogens (primary N) is 1. The van der Waals surface area contributed by atoms with Gasteiger partial charge in [0.1, 0.15) is 0 Å². The molecule has 0 amide bonds. The maximum atomic E-state index is 5.44. The highest BCUT2D eigenvalue weighted by Gasteiger charge is 2.10. The third-order valence-corrected chi connectivity index (χ3v) is 1.28. The van der Waals surface area contributed by atoms with Gasteiger partial charge in [0.15, 0.2) is 5.82 Å². The van der Waals surface area contributed by atoms with Crippen molar-refractivity contribution >= 4 is 5.82 Å². The van der Waals surface area contributed by atoms with Crippen molar-refractivity contribution < 1.29 is 4.42 Å². The molecule has 0 aromatic rings. The summed E-state index contributed by atoms with van der Waals surface area (Å²) in [5.74, 6) is 0.902. The average Bonchev–Trinajstić information content (AvgIpc) is 2.34. The van der Waals surface area contributed by atoms with Crippen molar-refractivity contribution in [3.8, 4) is 11.5 Å². The van der Waals surface area contributed by atoms with E-state index in [9.17, 15) is 0 Å². The number of nitrogen functional groups attached to an aromatic ring is 1. The standard InChI is InChI=1S/C6H5N3O/c7-5-4-2-1-3-10-6(4)9-8-5/h1-3H,(H2,7,8). The van der Waals surface area contributed by atoms with Gasteiger partial charge >= 0.3 is 0 Å². The first-order chi connectivity index (χ1) is 4.88. The predicted molar refractivity (Wildman–Crippen MR) is 35.3 cm³/mol. The van der Waals surface area contributed by atoms with Gasteiger partial charge in [-0.3, -0.25) is 0 Å². The van der Waals surface area contributed by atoms with Crippen molar-refractivity contribution in [2.75, 3.05) is 5.73 Å². The summed E-state index contributed by atoms with van der Waals surface area (Å²) in [6.07, 6.45) is 1.54. The van der Waals surface area contributed by atoms with E-state index < -0.39 is 0 Å². The van der Waals surface area contributed by atoms with Gasteiger partial charge in [0.05, 0.1) is 11.8 Å². The molecular formula is C6H5N3O. The lowest BCUT2D eigenvalue weighted by atomic mass is 10.3. The molecule has 2 rings (SSSR count). The maximum Gasteiger partial charge on any atom is 0.249 e. The number of hydrogen-bond acceptors (Lipinski definition) is 4. The molecule has 0 saturated heterocycles. The molecular weight excluding hydrogens is 130 g/mol. The second-order valence-electron chi connectivity index (χ2n) is 1.92. The van der Waals surface area contributed by atoms with Crippen LogP contribution < -0.4 is 5.73 Å². The molecule has 0 unspecified atom stereocenters. The highest BCUT2D eigenvalue weighted by Crippen LogP contribution is 2.22. The first-order valence-electron chi connectivity index (χ1n) is 2.83. The lowest BCUT2D eigenvalue weighted by Crippen LogP contribution is -1.84. The Kier molecular flexibility index (Phi) is 0.887. The van der Waals surface area contributed by atoms with Crippen LogP contribution in [0.3, 0.4) is 0 Å². The van der Waals surface area contributed by atoms with Gasteiger partial charge in [-0.2, -0.15) is 0 Å². The second kappa shape index (κ2) is 1.70. The molecule has 0 spiro atoms. The summed E-state index contributed by atoms with van der Waals surface area (Å²) in [6.45, 7) is 0. The third kappa shape index (κ3) is 0.556. The minimum Gasteiger partial charge on any atom is -0.445 e. The molecule has 2 aliphatic rings. The molecule has 2 aliphatic heterocycles. The summed E-state index contributed by atoms with van der Waals surface area (Å²) in [5, 5.41) is 7.31. The van der Waals surface area contributed by atoms with Gasteiger partial charge in [-0.15, -0.1) is 10.2 Å². The molecule has 0 aromatic heterocycles. The molecule has 0 bridgehead atoms. The topological polar surface area (TPSA) is 64.9 Å². The van der Waals surface area contributed by atoms with Gasteiger partial charge in [-0.05, 0) is 12.1 Å². The summed E-state index contributed by atoms with van der Waals surface area (Å²) < 4.78 is 4.98. The van der Waals surface area contributed by atoms with Crippen molar-refractivity contribution in [3.05, 3.63) is 18.4 Å². The molecule has 4 heteroatoms. The van der Waals surface area contributed by atoms with E-state index in [4.69, 9.17) is 10.2 Å². The lowest BCUT2D eigenvalue weighted by Gasteiger charge is -1.90. The molecule has 0 aromatic carbocycles. The van der Waals surface area contributed by atoms with Crippen molar-refractivity contribution in [2.45, 2.75) is 0 Å². The fourth-order valence-corrected chi connectivity index (χ4v) is 0.800. The van der Waals surface area contributed by atoms with E-state index >= 15 is 0 Å². The van der Waals surface area contributed by atoms with Crippen molar-refractivity contribution in [3.63, 3.8) is 0 Å². The normalized spacial score (nSPS) is 10.4. The summed E-state index contributed by atoms with van der Waals surface area (Å²) in [7, 11) is 0. The molecule has 0 fully saturated rings. The fraction of sp³-hybridized carbons (Fsp3) is 0. The first kappa shape index (κ1) is 5.22. The average molecular weight is 135 g/mol. The number of hydrogen-bond donors (Lipinski definition) is 1. The number of anilines is 1. The summed E-state index contributed by atoms with van der Waals surface area (Å²) >= 11 is 0. The van der Waals surface area contributed by atoms with Gasteiger partial charge in [-0.1, -0.05) is 0 Å². The zero-order chi connectivity index (χ0) is 6.97. The molecule has 50 valence electrons. The van der Waals surface area contributed by atoms with E-state index in [1.807, 2.05) is 6.07 Å². The van der Waals surface area contributed by atoms with Gasteiger partial charge in [0.2, 0.25) is 5.89 Å². The fourth-order valence-electron chi connectivity index (χ4n) is 0.800. The Labute approximate surface area is 57.0 Å². The zero-order valence-electron chi connectivity index (χ0n) is 5.11. The van der Waals surface area contributed by atoms with Crippen molar-refractivity contribution in [1.29, 1.82) is 0 Å². The van der Waals surface area contributed by atoms with Crippen LogP contribution in [0.1, 0.15) is 0 Å². The summed E-state index contributed by atoms with van der Waals surface area (Å²) in [5.41, 5.74) is 6.21. The Hall–Kier alpha value is -1.58. The number of aromatic nitrogens is 2. The summed E-state index contributed by atoms with van der Waals surface area (Å²) in [4.78, 5) is 0. The van der Waals surface area contributed by atoms with Crippen LogP contribution >= 0.6 is 0 Å². The molecule has 4 nitrogen and oxygen atoms in total. The van der Waals surface area contributed by atoms with Crippen LogP contribution in [0.25, 0.3) is 11.5 Å². The summed E-state index contributed by atoms with van der Waals surface area (Å²) in [6, 6.07) is 3.57. The molecule has 2 N–H and O–H groups in total. The van der Waals surface area contributed by atoms with Crippen LogP contribution in [0.4, 0.5) is 5.82 Å². The number of nitrogens with zero attached hydrogens (tertiary/aromatic N) is 2. The zero-order valence-corrected chi connectivity index (χ0v) is 5.11. The van der Waals surface area contributed by atoms with Crippen LogP contribution in [-0.2, 0) is 0 Å². The minimum absolute atomic E-state index is 0.416. The minimum atomic E-state index is 0.416.